The number of nitrogens with one attached hydrogen (secondary N) is 3. The molecular formula is C21H34N3O4+. The first-order valence-corrected chi connectivity index (χ1v) is 10.0. The van der Waals surface area contributed by atoms with E-state index in [1.54, 1.807) is 14.2 Å². The molecule has 1 fully saturated rings. The minimum Gasteiger partial charge on any atom is -0.493 e. The monoisotopic (exact) mass is 392 g/mol. The lowest BCUT2D eigenvalue weighted by Crippen LogP contribution is -3.12. The third-order valence-electron chi connectivity index (χ3n) is 5.62. The van der Waals surface area contributed by atoms with E-state index in [-0.39, 0.29) is 24.0 Å². The maximum Gasteiger partial charge on any atom is 0.321 e. The molecule has 3 amide bonds. The number of methoxy groups -OCH3 is 2. The van der Waals surface area contributed by atoms with Gasteiger partial charge in [0.05, 0.1) is 21.3 Å². The van der Waals surface area contributed by atoms with Gasteiger partial charge in [-0.1, -0.05) is 19.3 Å². The summed E-state index contributed by atoms with van der Waals surface area (Å²) < 4.78 is 10.7. The van der Waals surface area contributed by atoms with Crippen LogP contribution >= 0.6 is 0 Å². The number of likely N-dealkylation sites (N-methyl/N-ethyl adjacent to an activating group) is 1. The molecule has 2 rings (SSSR count). The van der Waals surface area contributed by atoms with E-state index in [0.29, 0.717) is 18.0 Å². The van der Waals surface area contributed by atoms with Gasteiger partial charge in [-0.2, -0.15) is 0 Å². The summed E-state index contributed by atoms with van der Waals surface area (Å²) in [6, 6.07) is 3.29. The first kappa shape index (κ1) is 22.0. The second-order valence-electron chi connectivity index (χ2n) is 7.68. The van der Waals surface area contributed by atoms with Crippen molar-refractivity contribution >= 4 is 11.9 Å². The Morgan fingerprint density at radius 1 is 1.14 bits per heavy atom. The number of aryl methyl sites for hydroxylation is 1. The third-order valence-corrected chi connectivity index (χ3v) is 5.62. The molecule has 0 aromatic heterocycles. The number of hydrogen-bond acceptors (Lipinski definition) is 4. The molecular weight excluding hydrogens is 358 g/mol. The van der Waals surface area contributed by atoms with Crippen molar-refractivity contribution in [3.05, 3.63) is 23.3 Å². The van der Waals surface area contributed by atoms with Crippen molar-refractivity contribution in [2.75, 3.05) is 21.3 Å². The van der Waals surface area contributed by atoms with Gasteiger partial charge in [0.2, 0.25) is 0 Å². The number of carbonyl (C=O) groups is 2. The molecule has 1 unspecified atom stereocenters. The molecule has 7 heteroatoms. The number of hydrogen-bond donors (Lipinski definition) is 3. The second kappa shape index (κ2) is 10.3. The average molecular weight is 393 g/mol. The van der Waals surface area contributed by atoms with Gasteiger partial charge in [-0.25, -0.2) is 4.79 Å². The number of ether oxygens (including phenoxy) is 2. The van der Waals surface area contributed by atoms with E-state index in [1.807, 2.05) is 33.0 Å². The summed E-state index contributed by atoms with van der Waals surface area (Å²) in [5.74, 6) is 1.08. The Labute approximate surface area is 167 Å². The van der Waals surface area contributed by atoms with E-state index in [9.17, 15) is 9.59 Å². The minimum atomic E-state index is -0.390. The largest absolute Gasteiger partial charge is 0.493 e. The summed E-state index contributed by atoms with van der Waals surface area (Å²) in [6.45, 7) is 4.46. The molecule has 28 heavy (non-hydrogen) atoms. The van der Waals surface area contributed by atoms with Crippen molar-refractivity contribution in [1.29, 1.82) is 0 Å². The van der Waals surface area contributed by atoms with Crippen molar-refractivity contribution in [2.45, 2.75) is 64.6 Å². The minimum absolute atomic E-state index is 0.177. The van der Waals surface area contributed by atoms with Gasteiger partial charge in [-0.3, -0.25) is 10.1 Å². The molecule has 0 spiro atoms. The normalized spacial score (nSPS) is 16.8. The highest BCUT2D eigenvalue weighted by Gasteiger charge is 2.25. The van der Waals surface area contributed by atoms with Crippen molar-refractivity contribution in [3.63, 3.8) is 0 Å². The van der Waals surface area contributed by atoms with E-state index in [0.717, 1.165) is 41.7 Å². The molecule has 0 heterocycles. The highest BCUT2D eigenvalue weighted by atomic mass is 16.5. The van der Waals surface area contributed by atoms with Gasteiger partial charge < -0.3 is 19.7 Å². The highest BCUT2D eigenvalue weighted by Crippen LogP contribution is 2.29. The van der Waals surface area contributed by atoms with Crippen molar-refractivity contribution in [1.82, 2.24) is 10.6 Å². The number of rotatable bonds is 7. The smallest absolute Gasteiger partial charge is 0.321 e. The zero-order valence-electron chi connectivity index (χ0n) is 17.7. The van der Waals surface area contributed by atoms with Crippen LogP contribution in [0.4, 0.5) is 4.79 Å². The molecule has 0 saturated heterocycles. The van der Waals surface area contributed by atoms with E-state index in [4.69, 9.17) is 9.47 Å². The number of amides is 3. The van der Waals surface area contributed by atoms with Crippen molar-refractivity contribution < 1.29 is 24.0 Å². The van der Waals surface area contributed by atoms with Gasteiger partial charge in [0, 0.05) is 11.6 Å². The van der Waals surface area contributed by atoms with Crippen LogP contribution in [0.15, 0.2) is 12.1 Å². The summed E-state index contributed by atoms with van der Waals surface area (Å²) in [5, 5.41) is 5.41. The first-order chi connectivity index (χ1) is 13.3. The number of carbonyl (C=O) groups excluding carboxylic acids is 2. The lowest BCUT2D eigenvalue weighted by Gasteiger charge is -2.24. The van der Waals surface area contributed by atoms with Crippen LogP contribution in [0.1, 0.15) is 50.2 Å². The molecule has 1 aromatic carbocycles. The van der Waals surface area contributed by atoms with Crippen LogP contribution in [0.25, 0.3) is 0 Å². The SMILES string of the molecule is COc1cc(C)c(C[NH+](C)[C@@H](C)C(=O)NC(=O)NC2CCCCC2)cc1OC. The lowest BCUT2D eigenvalue weighted by atomic mass is 9.96. The number of quaternary nitrogens is 1. The molecule has 1 saturated carbocycles. The van der Waals surface area contributed by atoms with Crippen LogP contribution in [0, 0.1) is 6.92 Å². The van der Waals surface area contributed by atoms with E-state index < -0.39 is 0 Å². The zero-order valence-corrected chi connectivity index (χ0v) is 17.7. The molecule has 0 aliphatic heterocycles. The summed E-state index contributed by atoms with van der Waals surface area (Å²) in [4.78, 5) is 25.6. The zero-order chi connectivity index (χ0) is 20.7. The van der Waals surface area contributed by atoms with Gasteiger partial charge >= 0.3 is 6.03 Å². The van der Waals surface area contributed by atoms with E-state index in [2.05, 4.69) is 10.6 Å². The van der Waals surface area contributed by atoms with Gasteiger partial charge in [0.25, 0.3) is 5.91 Å². The fraction of sp³-hybridized carbons (Fsp3) is 0.619. The molecule has 0 bridgehead atoms. The van der Waals surface area contributed by atoms with Gasteiger partial charge in [0.15, 0.2) is 17.5 Å². The van der Waals surface area contributed by atoms with Crippen LogP contribution in [0.2, 0.25) is 0 Å². The molecule has 1 aliphatic rings. The predicted octanol–water partition coefficient (Wildman–Crippen LogP) is 1.57. The summed E-state index contributed by atoms with van der Waals surface area (Å²) >= 11 is 0. The number of imide groups is 1. The standard InChI is InChI=1S/C21H33N3O4/c1-14-11-18(27-4)19(28-5)12-16(14)13-24(3)15(2)20(25)23-21(26)22-17-9-7-6-8-10-17/h11-12,15,17H,6-10,13H2,1-5H3,(H2,22,23,25,26)/p+1/t15-/m0/s1. The molecule has 3 N–H and O–H groups in total. The van der Waals surface area contributed by atoms with Gasteiger partial charge in [-0.05, 0) is 44.4 Å². The van der Waals surface area contributed by atoms with E-state index in [1.165, 1.54) is 6.42 Å². The maximum absolute atomic E-state index is 12.5. The second-order valence-corrected chi connectivity index (χ2v) is 7.68. The Bertz CT molecular complexity index is 686. The van der Waals surface area contributed by atoms with Crippen LogP contribution < -0.4 is 25.0 Å². The molecule has 2 atom stereocenters. The third kappa shape index (κ3) is 5.86. The van der Waals surface area contributed by atoms with Gasteiger partial charge in [0.1, 0.15) is 6.54 Å². The van der Waals surface area contributed by atoms with Crippen LogP contribution in [0.3, 0.4) is 0 Å². The summed E-state index contributed by atoms with van der Waals surface area (Å²) in [6.07, 6.45) is 5.46. The fourth-order valence-electron chi connectivity index (χ4n) is 3.58. The average Bonchev–Trinajstić information content (AvgIpc) is 2.68. The molecule has 1 aromatic rings. The van der Waals surface area contributed by atoms with Crippen LogP contribution in [-0.4, -0.2) is 45.3 Å². The molecule has 1 aliphatic carbocycles. The lowest BCUT2D eigenvalue weighted by molar-refractivity contribution is -0.908. The Balaban J connectivity index is 1.93. The van der Waals surface area contributed by atoms with Crippen LogP contribution in [-0.2, 0) is 11.3 Å². The Kier molecular flexibility index (Phi) is 8.11. The molecule has 0 radical (unpaired) electrons. The summed E-state index contributed by atoms with van der Waals surface area (Å²) in [7, 11) is 5.16. The quantitative estimate of drug-likeness (QED) is 0.658. The number of benzene rings is 1. The fourth-order valence-corrected chi connectivity index (χ4v) is 3.58. The van der Waals surface area contributed by atoms with Crippen LogP contribution in [0.5, 0.6) is 11.5 Å². The Morgan fingerprint density at radius 3 is 2.36 bits per heavy atom. The number of urea groups is 1. The Morgan fingerprint density at radius 2 is 1.75 bits per heavy atom. The molecule has 7 nitrogen and oxygen atoms in total. The van der Waals surface area contributed by atoms with Gasteiger partial charge in [-0.15, -0.1) is 0 Å². The maximum atomic E-state index is 12.5. The first-order valence-electron chi connectivity index (χ1n) is 10.0. The summed E-state index contributed by atoms with van der Waals surface area (Å²) in [5.41, 5.74) is 2.14. The van der Waals surface area contributed by atoms with E-state index >= 15 is 0 Å². The molecule has 156 valence electrons. The van der Waals surface area contributed by atoms with Crippen molar-refractivity contribution in [2.24, 2.45) is 0 Å². The topological polar surface area (TPSA) is 81.1 Å². The highest BCUT2D eigenvalue weighted by molar-refractivity contribution is 5.96. The predicted molar refractivity (Wildman–Crippen MR) is 108 cm³/mol. The Hall–Kier alpha value is -2.28. The van der Waals surface area contributed by atoms with Crippen molar-refractivity contribution in [3.8, 4) is 11.5 Å².